The van der Waals surface area contributed by atoms with Gasteiger partial charge in [-0.15, -0.1) is 0 Å². The summed E-state index contributed by atoms with van der Waals surface area (Å²) in [6.07, 6.45) is 0.817. The van der Waals surface area contributed by atoms with E-state index in [1.807, 2.05) is 18.2 Å². The monoisotopic (exact) mass is 252 g/mol. The number of furan rings is 1. The summed E-state index contributed by atoms with van der Waals surface area (Å²) in [5, 5.41) is 1.11. The lowest BCUT2D eigenvalue weighted by Gasteiger charge is -1.99. The minimum absolute atomic E-state index is 0.817. The molecule has 2 heteroatoms. The quantitative estimate of drug-likeness (QED) is 0.691. The Hall–Kier alpha value is -2.22. The average molecular weight is 252 g/mol. The molecule has 1 aromatic heterocycles. The van der Waals surface area contributed by atoms with E-state index in [4.69, 9.17) is 9.15 Å². The first-order chi connectivity index (χ1) is 9.24. The van der Waals surface area contributed by atoms with E-state index < -0.39 is 0 Å². The molecule has 0 aliphatic carbocycles. The molecule has 3 aromatic rings. The van der Waals surface area contributed by atoms with E-state index >= 15 is 0 Å². The minimum Gasteiger partial charge on any atom is -0.497 e. The predicted molar refractivity (Wildman–Crippen MR) is 76.8 cm³/mol. The molecular weight excluding hydrogens is 236 g/mol. The van der Waals surface area contributed by atoms with Crippen LogP contribution >= 0.6 is 0 Å². The van der Waals surface area contributed by atoms with E-state index in [1.54, 1.807) is 7.11 Å². The van der Waals surface area contributed by atoms with Crippen LogP contribution in [0.15, 0.2) is 52.9 Å². The van der Waals surface area contributed by atoms with Crippen molar-refractivity contribution in [3.63, 3.8) is 0 Å². The number of hydrogen-bond acceptors (Lipinski definition) is 2. The average Bonchev–Trinajstić information content (AvgIpc) is 2.82. The molecule has 0 amide bonds. The van der Waals surface area contributed by atoms with Crippen LogP contribution in [0.2, 0.25) is 0 Å². The second-order valence-corrected chi connectivity index (χ2v) is 4.78. The third-order valence-corrected chi connectivity index (χ3v) is 3.28. The van der Waals surface area contributed by atoms with E-state index in [1.165, 1.54) is 11.1 Å². The van der Waals surface area contributed by atoms with Gasteiger partial charge in [-0.05, 0) is 30.7 Å². The van der Waals surface area contributed by atoms with Crippen molar-refractivity contribution in [2.24, 2.45) is 0 Å². The zero-order chi connectivity index (χ0) is 13.2. The lowest BCUT2D eigenvalue weighted by molar-refractivity contribution is 0.414. The van der Waals surface area contributed by atoms with Gasteiger partial charge in [-0.1, -0.05) is 29.8 Å². The van der Waals surface area contributed by atoms with Gasteiger partial charge in [0.2, 0.25) is 0 Å². The minimum atomic E-state index is 0.817. The molecule has 0 saturated heterocycles. The van der Waals surface area contributed by atoms with Gasteiger partial charge in [0.1, 0.15) is 17.1 Å². The maximum Gasteiger partial charge on any atom is 0.137 e. The van der Waals surface area contributed by atoms with Crippen LogP contribution in [-0.2, 0) is 6.42 Å². The Labute approximate surface area is 112 Å². The van der Waals surface area contributed by atoms with Crippen LogP contribution in [0.25, 0.3) is 11.0 Å². The smallest absolute Gasteiger partial charge is 0.137 e. The molecule has 0 radical (unpaired) electrons. The number of rotatable bonds is 3. The van der Waals surface area contributed by atoms with E-state index in [0.29, 0.717) is 0 Å². The molecule has 0 N–H and O–H groups in total. The van der Waals surface area contributed by atoms with Gasteiger partial charge in [-0.25, -0.2) is 0 Å². The predicted octanol–water partition coefficient (Wildman–Crippen LogP) is 4.34. The summed E-state index contributed by atoms with van der Waals surface area (Å²) < 4.78 is 11.1. The van der Waals surface area contributed by atoms with Crippen LogP contribution in [0.5, 0.6) is 5.75 Å². The molecule has 2 aromatic carbocycles. The summed E-state index contributed by atoms with van der Waals surface area (Å²) in [7, 11) is 1.66. The number of fused-ring (bicyclic) bond motifs is 1. The van der Waals surface area contributed by atoms with Crippen LogP contribution in [-0.4, -0.2) is 7.11 Å². The third-order valence-electron chi connectivity index (χ3n) is 3.28. The van der Waals surface area contributed by atoms with E-state index in [2.05, 4.69) is 37.3 Å². The normalized spacial score (nSPS) is 10.8. The molecule has 0 fully saturated rings. The molecule has 1 heterocycles. The topological polar surface area (TPSA) is 22.4 Å². The van der Waals surface area contributed by atoms with Gasteiger partial charge in [0.15, 0.2) is 0 Å². The Kier molecular flexibility index (Phi) is 3.00. The van der Waals surface area contributed by atoms with Gasteiger partial charge in [-0.2, -0.15) is 0 Å². The van der Waals surface area contributed by atoms with Crippen LogP contribution in [0.4, 0.5) is 0 Å². The largest absolute Gasteiger partial charge is 0.497 e. The Morgan fingerprint density at radius 3 is 2.53 bits per heavy atom. The van der Waals surface area contributed by atoms with Crippen LogP contribution in [0.1, 0.15) is 16.9 Å². The van der Waals surface area contributed by atoms with Gasteiger partial charge >= 0.3 is 0 Å². The first-order valence-electron chi connectivity index (χ1n) is 6.36. The molecule has 0 unspecified atom stereocenters. The highest BCUT2D eigenvalue weighted by Crippen LogP contribution is 2.25. The van der Waals surface area contributed by atoms with Crippen molar-refractivity contribution in [2.45, 2.75) is 13.3 Å². The second kappa shape index (κ2) is 4.81. The Bertz CT molecular complexity index is 693. The lowest BCUT2D eigenvalue weighted by atomic mass is 10.1. The van der Waals surface area contributed by atoms with Crippen molar-refractivity contribution in [3.05, 3.63) is 65.4 Å². The van der Waals surface area contributed by atoms with Gasteiger partial charge in [0.25, 0.3) is 0 Å². The molecule has 0 spiro atoms. The maximum atomic E-state index is 5.86. The maximum absolute atomic E-state index is 5.86. The zero-order valence-corrected chi connectivity index (χ0v) is 11.1. The molecule has 96 valence electrons. The van der Waals surface area contributed by atoms with Gasteiger partial charge in [-0.3, -0.25) is 0 Å². The number of aryl methyl sites for hydroxylation is 1. The summed E-state index contributed by atoms with van der Waals surface area (Å²) in [6.45, 7) is 2.09. The fourth-order valence-corrected chi connectivity index (χ4v) is 2.19. The first kappa shape index (κ1) is 11.8. The zero-order valence-electron chi connectivity index (χ0n) is 11.1. The van der Waals surface area contributed by atoms with Crippen LogP contribution < -0.4 is 4.74 Å². The van der Waals surface area contributed by atoms with E-state index in [-0.39, 0.29) is 0 Å². The SMILES string of the molecule is COc1ccc2cc(Cc3ccc(C)cc3)oc2c1. The van der Waals surface area contributed by atoms with Crippen molar-refractivity contribution >= 4 is 11.0 Å². The van der Waals surface area contributed by atoms with Crippen LogP contribution in [0, 0.1) is 6.92 Å². The third kappa shape index (κ3) is 2.48. The molecule has 0 bridgehead atoms. The van der Waals surface area contributed by atoms with Crippen molar-refractivity contribution in [1.29, 1.82) is 0 Å². The first-order valence-corrected chi connectivity index (χ1v) is 6.36. The molecule has 0 aliphatic rings. The summed E-state index contributed by atoms with van der Waals surface area (Å²) in [5.74, 6) is 1.80. The Morgan fingerprint density at radius 1 is 1.00 bits per heavy atom. The Morgan fingerprint density at radius 2 is 1.79 bits per heavy atom. The van der Waals surface area contributed by atoms with E-state index in [0.717, 1.165) is 28.9 Å². The van der Waals surface area contributed by atoms with Gasteiger partial charge < -0.3 is 9.15 Å². The Balaban J connectivity index is 1.90. The van der Waals surface area contributed by atoms with Crippen molar-refractivity contribution in [2.75, 3.05) is 7.11 Å². The summed E-state index contributed by atoms with van der Waals surface area (Å²) in [5.41, 5.74) is 3.41. The van der Waals surface area contributed by atoms with Crippen molar-refractivity contribution in [3.8, 4) is 5.75 Å². The molecule has 0 aliphatic heterocycles. The number of methoxy groups -OCH3 is 1. The molecule has 19 heavy (non-hydrogen) atoms. The molecule has 0 atom stereocenters. The number of hydrogen-bond donors (Lipinski definition) is 0. The van der Waals surface area contributed by atoms with Gasteiger partial charge in [0.05, 0.1) is 7.11 Å². The van der Waals surface area contributed by atoms with E-state index in [9.17, 15) is 0 Å². The molecule has 0 saturated carbocycles. The van der Waals surface area contributed by atoms with Crippen LogP contribution in [0.3, 0.4) is 0 Å². The fraction of sp³-hybridized carbons (Fsp3) is 0.176. The number of ether oxygens (including phenoxy) is 1. The number of benzene rings is 2. The van der Waals surface area contributed by atoms with Crippen molar-refractivity contribution < 1.29 is 9.15 Å². The fourth-order valence-electron chi connectivity index (χ4n) is 2.19. The summed E-state index contributed by atoms with van der Waals surface area (Å²) in [6, 6.07) is 16.5. The highest BCUT2D eigenvalue weighted by Gasteiger charge is 2.06. The molecular formula is C17H16O2. The highest BCUT2D eigenvalue weighted by atomic mass is 16.5. The van der Waals surface area contributed by atoms with Crippen molar-refractivity contribution in [1.82, 2.24) is 0 Å². The molecule has 3 rings (SSSR count). The molecule has 2 nitrogen and oxygen atoms in total. The van der Waals surface area contributed by atoms with Gasteiger partial charge in [0, 0.05) is 17.9 Å². The second-order valence-electron chi connectivity index (χ2n) is 4.78. The summed E-state index contributed by atoms with van der Waals surface area (Å²) in [4.78, 5) is 0. The highest BCUT2D eigenvalue weighted by molar-refractivity contribution is 5.79. The standard InChI is InChI=1S/C17H16O2/c1-12-3-5-13(6-4-12)9-16-10-14-7-8-15(18-2)11-17(14)19-16/h3-8,10-11H,9H2,1-2H3. The summed E-state index contributed by atoms with van der Waals surface area (Å²) >= 11 is 0. The lowest BCUT2D eigenvalue weighted by Crippen LogP contribution is -1.85.